The fraction of sp³-hybridized carbons (Fsp3) is 0.250. The minimum Gasteiger partial charge on any atom is -0.493 e. The molecule has 224 valence electrons. The summed E-state index contributed by atoms with van der Waals surface area (Å²) < 4.78 is 16.7. The molecule has 0 unspecified atom stereocenters. The number of rotatable bonds is 9. The standard InChI is InChI=1S/C36H35N3O5/c1-24-31-20-27(19-25-7-4-3-5-8-25)11-13-32(31)44-34(24)35(40)38-29-12-14-33(37-22-29)39-17-15-26(16-18-39)23-43-30-10-6-9-28(21-30)36(41)42-2/h3-14,20-22,26H,15-19,23H2,1-2H3,(H,38,40). The number of carbonyl (C=O) groups is 2. The van der Waals surface area contributed by atoms with Crippen molar-refractivity contribution in [2.75, 3.05) is 37.0 Å². The average Bonchev–Trinajstić information content (AvgIpc) is 3.40. The number of esters is 1. The number of hydrogen-bond donors (Lipinski definition) is 1. The quantitative estimate of drug-likeness (QED) is 0.184. The molecule has 5 aromatic rings. The van der Waals surface area contributed by atoms with E-state index >= 15 is 0 Å². The topological polar surface area (TPSA) is 93.9 Å². The highest BCUT2D eigenvalue weighted by Gasteiger charge is 2.22. The molecule has 3 heterocycles. The number of piperidine rings is 1. The van der Waals surface area contributed by atoms with Gasteiger partial charge in [-0.15, -0.1) is 0 Å². The number of fused-ring (bicyclic) bond motifs is 1. The second-order valence-corrected chi connectivity index (χ2v) is 11.2. The maximum atomic E-state index is 13.2. The second kappa shape index (κ2) is 13.0. The SMILES string of the molecule is COC(=O)c1cccc(OCC2CCN(c3ccc(NC(=O)c4oc5ccc(Cc6ccccc6)cc5c4C)cn3)CC2)c1. The lowest BCUT2D eigenvalue weighted by molar-refractivity contribution is 0.0600. The molecule has 0 bridgehead atoms. The van der Waals surface area contributed by atoms with Gasteiger partial charge in [0.1, 0.15) is 17.2 Å². The Hall–Kier alpha value is -5.11. The first-order valence-corrected chi connectivity index (χ1v) is 14.9. The van der Waals surface area contributed by atoms with E-state index in [2.05, 4.69) is 33.4 Å². The molecular formula is C36H35N3O5. The highest BCUT2D eigenvalue weighted by molar-refractivity contribution is 6.06. The van der Waals surface area contributed by atoms with E-state index in [0.717, 1.165) is 49.1 Å². The van der Waals surface area contributed by atoms with Gasteiger partial charge < -0.3 is 24.1 Å². The van der Waals surface area contributed by atoms with Crippen LogP contribution in [0.15, 0.2) is 95.5 Å². The van der Waals surface area contributed by atoms with Gasteiger partial charge in [0, 0.05) is 24.0 Å². The maximum Gasteiger partial charge on any atom is 0.337 e. The Morgan fingerprint density at radius 2 is 1.77 bits per heavy atom. The zero-order chi connectivity index (χ0) is 30.5. The van der Waals surface area contributed by atoms with Crippen LogP contribution in [0.3, 0.4) is 0 Å². The van der Waals surface area contributed by atoms with Gasteiger partial charge in [0.2, 0.25) is 0 Å². The molecule has 1 saturated heterocycles. The van der Waals surface area contributed by atoms with Crippen molar-refractivity contribution in [2.24, 2.45) is 5.92 Å². The monoisotopic (exact) mass is 589 g/mol. The van der Waals surface area contributed by atoms with E-state index in [9.17, 15) is 9.59 Å². The number of anilines is 2. The van der Waals surface area contributed by atoms with Gasteiger partial charge in [0.15, 0.2) is 5.76 Å². The van der Waals surface area contributed by atoms with Crippen LogP contribution in [0.5, 0.6) is 5.75 Å². The van der Waals surface area contributed by atoms with Gasteiger partial charge in [-0.05, 0) is 85.7 Å². The lowest BCUT2D eigenvalue weighted by Gasteiger charge is -2.32. The van der Waals surface area contributed by atoms with Crippen molar-refractivity contribution in [3.8, 4) is 5.75 Å². The summed E-state index contributed by atoms with van der Waals surface area (Å²) in [6.45, 7) is 4.23. The smallest absolute Gasteiger partial charge is 0.337 e. The molecule has 6 rings (SSSR count). The summed E-state index contributed by atoms with van der Waals surface area (Å²) in [4.78, 5) is 31.8. The minimum absolute atomic E-state index is 0.296. The predicted octanol–water partition coefficient (Wildman–Crippen LogP) is 7.06. The van der Waals surface area contributed by atoms with E-state index in [4.69, 9.17) is 13.9 Å². The molecule has 8 nitrogen and oxygen atoms in total. The number of furan rings is 1. The largest absolute Gasteiger partial charge is 0.493 e. The predicted molar refractivity (Wildman–Crippen MR) is 171 cm³/mol. The molecule has 1 amide bonds. The Bertz CT molecular complexity index is 1760. The second-order valence-electron chi connectivity index (χ2n) is 11.2. The summed E-state index contributed by atoms with van der Waals surface area (Å²) in [5.41, 5.74) is 5.01. The molecule has 1 N–H and O–H groups in total. The average molecular weight is 590 g/mol. The first kappa shape index (κ1) is 29.0. The van der Waals surface area contributed by atoms with Crippen LogP contribution in [0, 0.1) is 12.8 Å². The molecule has 0 aliphatic carbocycles. The molecule has 0 radical (unpaired) electrons. The molecule has 3 aromatic carbocycles. The van der Waals surface area contributed by atoms with Crippen LogP contribution in [0.1, 0.15) is 50.4 Å². The molecule has 1 aliphatic heterocycles. The van der Waals surface area contributed by atoms with Crippen molar-refractivity contribution in [3.05, 3.63) is 119 Å². The third kappa shape index (κ3) is 6.59. The molecular weight excluding hydrogens is 554 g/mol. The van der Waals surface area contributed by atoms with Crippen molar-refractivity contribution in [1.29, 1.82) is 0 Å². The summed E-state index contributed by atoms with van der Waals surface area (Å²) in [6.07, 6.45) is 4.44. The Morgan fingerprint density at radius 3 is 2.52 bits per heavy atom. The van der Waals surface area contributed by atoms with Crippen LogP contribution < -0.4 is 15.0 Å². The minimum atomic E-state index is -0.375. The molecule has 1 fully saturated rings. The summed E-state index contributed by atoms with van der Waals surface area (Å²) in [6, 6.07) is 27.3. The zero-order valence-corrected chi connectivity index (χ0v) is 24.9. The van der Waals surface area contributed by atoms with E-state index in [-0.39, 0.29) is 11.9 Å². The van der Waals surface area contributed by atoms with Gasteiger partial charge in [-0.3, -0.25) is 4.79 Å². The van der Waals surface area contributed by atoms with Crippen LogP contribution in [0.25, 0.3) is 11.0 Å². The van der Waals surface area contributed by atoms with Crippen molar-refractivity contribution >= 4 is 34.4 Å². The van der Waals surface area contributed by atoms with Crippen molar-refractivity contribution in [3.63, 3.8) is 0 Å². The van der Waals surface area contributed by atoms with E-state index in [1.807, 2.05) is 55.5 Å². The number of pyridine rings is 1. The number of methoxy groups -OCH3 is 1. The van der Waals surface area contributed by atoms with Gasteiger partial charge in [-0.25, -0.2) is 9.78 Å². The van der Waals surface area contributed by atoms with E-state index in [1.54, 1.807) is 24.4 Å². The highest BCUT2D eigenvalue weighted by atomic mass is 16.5. The Labute approximate surface area is 256 Å². The van der Waals surface area contributed by atoms with Crippen molar-refractivity contribution in [2.45, 2.75) is 26.2 Å². The van der Waals surface area contributed by atoms with Crippen LogP contribution in [-0.2, 0) is 11.2 Å². The number of nitrogens with one attached hydrogen (secondary N) is 1. The molecule has 0 atom stereocenters. The fourth-order valence-corrected chi connectivity index (χ4v) is 5.63. The van der Waals surface area contributed by atoms with Crippen LogP contribution in [0.2, 0.25) is 0 Å². The number of benzene rings is 3. The van der Waals surface area contributed by atoms with Crippen molar-refractivity contribution < 1.29 is 23.5 Å². The van der Waals surface area contributed by atoms with Crippen LogP contribution in [0.4, 0.5) is 11.5 Å². The van der Waals surface area contributed by atoms with Gasteiger partial charge in [-0.1, -0.05) is 42.5 Å². The summed E-state index contributed by atoms with van der Waals surface area (Å²) >= 11 is 0. The third-order valence-electron chi connectivity index (χ3n) is 8.14. The first-order valence-electron chi connectivity index (χ1n) is 14.9. The zero-order valence-electron chi connectivity index (χ0n) is 24.9. The highest BCUT2D eigenvalue weighted by Crippen LogP contribution is 2.29. The Kier molecular flexibility index (Phi) is 8.59. The van der Waals surface area contributed by atoms with Gasteiger partial charge in [0.25, 0.3) is 5.91 Å². The first-order chi connectivity index (χ1) is 21.5. The number of amides is 1. The van der Waals surface area contributed by atoms with Gasteiger partial charge in [-0.2, -0.15) is 0 Å². The Balaban J connectivity index is 1.02. The van der Waals surface area contributed by atoms with E-state index < -0.39 is 0 Å². The molecule has 0 saturated carbocycles. The summed E-state index contributed by atoms with van der Waals surface area (Å²) in [5, 5.41) is 3.88. The summed E-state index contributed by atoms with van der Waals surface area (Å²) in [7, 11) is 1.37. The Morgan fingerprint density at radius 1 is 0.955 bits per heavy atom. The third-order valence-corrected chi connectivity index (χ3v) is 8.14. The number of hydrogen-bond acceptors (Lipinski definition) is 7. The summed E-state index contributed by atoms with van der Waals surface area (Å²) in [5.74, 6) is 1.59. The lowest BCUT2D eigenvalue weighted by Crippen LogP contribution is -2.36. The maximum absolute atomic E-state index is 13.2. The number of aromatic nitrogens is 1. The van der Waals surface area contributed by atoms with E-state index in [1.165, 1.54) is 18.2 Å². The normalized spacial score (nSPS) is 13.5. The molecule has 8 heteroatoms. The van der Waals surface area contributed by atoms with Gasteiger partial charge >= 0.3 is 5.97 Å². The molecule has 2 aromatic heterocycles. The number of aryl methyl sites for hydroxylation is 1. The number of carbonyl (C=O) groups excluding carboxylic acids is 2. The van der Waals surface area contributed by atoms with Crippen LogP contribution in [-0.4, -0.2) is 43.7 Å². The number of nitrogens with zero attached hydrogens (tertiary/aromatic N) is 2. The van der Waals surface area contributed by atoms with Crippen LogP contribution >= 0.6 is 0 Å². The fourth-order valence-electron chi connectivity index (χ4n) is 5.63. The van der Waals surface area contributed by atoms with Crippen molar-refractivity contribution in [1.82, 2.24) is 4.98 Å². The van der Waals surface area contributed by atoms with E-state index in [0.29, 0.717) is 40.9 Å². The molecule has 1 aliphatic rings. The lowest BCUT2D eigenvalue weighted by atomic mass is 9.98. The number of ether oxygens (including phenoxy) is 2. The molecule has 44 heavy (non-hydrogen) atoms. The van der Waals surface area contributed by atoms with Gasteiger partial charge in [0.05, 0.1) is 31.2 Å². The molecule has 0 spiro atoms.